The summed E-state index contributed by atoms with van der Waals surface area (Å²) in [5.41, 5.74) is 6.77. The molecule has 0 spiro atoms. The van der Waals surface area contributed by atoms with E-state index >= 15 is 0 Å². The van der Waals surface area contributed by atoms with Crippen molar-refractivity contribution in [1.29, 1.82) is 0 Å². The maximum Gasteiger partial charge on any atom is 0.338 e. The molecule has 2 heterocycles. The molecule has 3 aromatic rings. The normalized spacial score (nSPS) is 10.7. The molecule has 0 atom stereocenters. The SMILES string of the molecule is CCOC(=O)c1ccc(-c2ccc(CNCCNC(=O)c3nonc3N)o2)cc1. The first-order valence-corrected chi connectivity index (χ1v) is 9.01. The first kappa shape index (κ1) is 20.1. The number of hydrogen-bond donors (Lipinski definition) is 3. The van der Waals surface area contributed by atoms with Crippen LogP contribution in [0.3, 0.4) is 0 Å². The molecule has 0 saturated carbocycles. The van der Waals surface area contributed by atoms with Crippen molar-refractivity contribution in [2.45, 2.75) is 13.5 Å². The predicted molar refractivity (Wildman–Crippen MR) is 103 cm³/mol. The van der Waals surface area contributed by atoms with Crippen LogP contribution >= 0.6 is 0 Å². The number of carbonyl (C=O) groups excluding carboxylic acids is 2. The Morgan fingerprint density at radius 2 is 1.90 bits per heavy atom. The molecule has 2 aromatic heterocycles. The van der Waals surface area contributed by atoms with Gasteiger partial charge < -0.3 is 25.5 Å². The van der Waals surface area contributed by atoms with Crippen molar-refractivity contribution in [2.24, 2.45) is 0 Å². The van der Waals surface area contributed by atoms with Crippen LogP contribution in [-0.2, 0) is 11.3 Å². The summed E-state index contributed by atoms with van der Waals surface area (Å²) < 4.78 is 15.2. The van der Waals surface area contributed by atoms with Crippen molar-refractivity contribution in [2.75, 3.05) is 25.4 Å². The molecule has 0 bridgehead atoms. The summed E-state index contributed by atoms with van der Waals surface area (Å²) in [6.45, 7) is 3.48. The smallest absolute Gasteiger partial charge is 0.338 e. The fraction of sp³-hybridized carbons (Fsp3) is 0.263. The molecule has 0 saturated heterocycles. The minimum Gasteiger partial charge on any atom is -0.462 e. The average molecular weight is 399 g/mol. The number of carbonyl (C=O) groups is 2. The molecular formula is C19H21N5O5. The Morgan fingerprint density at radius 3 is 2.59 bits per heavy atom. The fourth-order valence-corrected chi connectivity index (χ4v) is 2.53. The van der Waals surface area contributed by atoms with Gasteiger partial charge in [-0.15, -0.1) is 0 Å². The van der Waals surface area contributed by atoms with Gasteiger partial charge in [-0.1, -0.05) is 12.1 Å². The summed E-state index contributed by atoms with van der Waals surface area (Å²) in [6, 6.07) is 10.7. The number of nitrogens with one attached hydrogen (secondary N) is 2. The zero-order chi connectivity index (χ0) is 20.6. The summed E-state index contributed by atoms with van der Waals surface area (Å²) in [7, 11) is 0. The third-order valence-electron chi connectivity index (χ3n) is 3.96. The number of aromatic nitrogens is 2. The number of furan rings is 1. The summed E-state index contributed by atoms with van der Waals surface area (Å²) in [5.74, 6) is 0.592. The zero-order valence-corrected chi connectivity index (χ0v) is 15.8. The number of nitrogen functional groups attached to an aromatic ring is 1. The molecule has 10 heteroatoms. The first-order valence-electron chi connectivity index (χ1n) is 9.01. The largest absolute Gasteiger partial charge is 0.462 e. The first-order chi connectivity index (χ1) is 14.1. The number of amides is 1. The molecule has 152 valence electrons. The third kappa shape index (κ3) is 5.20. The molecule has 1 aromatic carbocycles. The van der Waals surface area contributed by atoms with Gasteiger partial charge in [-0.2, -0.15) is 0 Å². The van der Waals surface area contributed by atoms with Gasteiger partial charge in [0, 0.05) is 18.7 Å². The van der Waals surface area contributed by atoms with E-state index in [1.807, 2.05) is 24.3 Å². The van der Waals surface area contributed by atoms with Gasteiger partial charge in [0.25, 0.3) is 5.91 Å². The number of esters is 1. The summed E-state index contributed by atoms with van der Waals surface area (Å²) in [6.07, 6.45) is 0. The van der Waals surface area contributed by atoms with Gasteiger partial charge in [-0.05, 0) is 41.5 Å². The highest BCUT2D eigenvalue weighted by Gasteiger charge is 2.15. The van der Waals surface area contributed by atoms with E-state index in [1.54, 1.807) is 19.1 Å². The lowest BCUT2D eigenvalue weighted by Crippen LogP contribution is -2.32. The highest BCUT2D eigenvalue weighted by atomic mass is 16.6. The van der Waals surface area contributed by atoms with E-state index in [-0.39, 0.29) is 17.5 Å². The Morgan fingerprint density at radius 1 is 1.10 bits per heavy atom. The Labute approximate surface area is 166 Å². The number of anilines is 1. The Hall–Kier alpha value is -3.66. The lowest BCUT2D eigenvalue weighted by molar-refractivity contribution is 0.0526. The van der Waals surface area contributed by atoms with Crippen LogP contribution in [0.25, 0.3) is 11.3 Å². The summed E-state index contributed by atoms with van der Waals surface area (Å²) in [5, 5.41) is 12.6. The van der Waals surface area contributed by atoms with Crippen LogP contribution in [0.2, 0.25) is 0 Å². The molecule has 10 nitrogen and oxygen atoms in total. The number of nitrogens with zero attached hydrogens (tertiary/aromatic N) is 2. The van der Waals surface area contributed by atoms with E-state index in [4.69, 9.17) is 14.9 Å². The minimum absolute atomic E-state index is 0.0327. The molecule has 29 heavy (non-hydrogen) atoms. The van der Waals surface area contributed by atoms with Crippen LogP contribution in [-0.4, -0.2) is 41.9 Å². The number of benzene rings is 1. The quantitative estimate of drug-likeness (QED) is 0.361. The van der Waals surface area contributed by atoms with Crippen LogP contribution in [0.15, 0.2) is 45.4 Å². The second-order valence-electron chi connectivity index (χ2n) is 5.99. The van der Waals surface area contributed by atoms with Crippen molar-refractivity contribution in [3.63, 3.8) is 0 Å². The van der Waals surface area contributed by atoms with Gasteiger partial charge in [0.15, 0.2) is 0 Å². The zero-order valence-electron chi connectivity index (χ0n) is 15.8. The van der Waals surface area contributed by atoms with Crippen LogP contribution in [0, 0.1) is 0 Å². The maximum absolute atomic E-state index is 11.8. The van der Waals surface area contributed by atoms with Gasteiger partial charge in [0.2, 0.25) is 11.5 Å². The third-order valence-corrected chi connectivity index (χ3v) is 3.96. The monoisotopic (exact) mass is 399 g/mol. The van der Waals surface area contributed by atoms with Gasteiger partial charge >= 0.3 is 5.97 Å². The number of rotatable bonds is 9. The van der Waals surface area contributed by atoms with Crippen LogP contribution in [0.5, 0.6) is 0 Å². The van der Waals surface area contributed by atoms with Crippen LogP contribution < -0.4 is 16.4 Å². The number of hydrogen-bond acceptors (Lipinski definition) is 9. The number of nitrogens with two attached hydrogens (primary N) is 1. The van der Waals surface area contributed by atoms with Crippen LogP contribution in [0.1, 0.15) is 33.5 Å². The van der Waals surface area contributed by atoms with E-state index < -0.39 is 5.91 Å². The van der Waals surface area contributed by atoms with Crippen molar-refractivity contribution >= 4 is 17.7 Å². The van der Waals surface area contributed by atoms with Crippen molar-refractivity contribution < 1.29 is 23.4 Å². The molecule has 0 aliphatic rings. The molecule has 0 radical (unpaired) electrons. The Kier molecular flexibility index (Phi) is 6.59. The van der Waals surface area contributed by atoms with Crippen molar-refractivity contribution in [3.05, 3.63) is 53.4 Å². The molecule has 3 rings (SSSR count). The molecule has 0 fully saturated rings. The van der Waals surface area contributed by atoms with Gasteiger partial charge in [0.05, 0.1) is 18.7 Å². The fourth-order valence-electron chi connectivity index (χ4n) is 2.53. The van der Waals surface area contributed by atoms with Crippen molar-refractivity contribution in [1.82, 2.24) is 20.9 Å². The second-order valence-corrected chi connectivity index (χ2v) is 5.99. The lowest BCUT2D eigenvalue weighted by atomic mass is 10.1. The molecular weight excluding hydrogens is 378 g/mol. The topological polar surface area (TPSA) is 146 Å². The molecule has 1 amide bonds. The molecule has 0 aliphatic carbocycles. The van der Waals surface area contributed by atoms with E-state index in [0.717, 1.165) is 11.3 Å². The lowest BCUT2D eigenvalue weighted by Gasteiger charge is -2.05. The summed E-state index contributed by atoms with van der Waals surface area (Å²) in [4.78, 5) is 23.5. The summed E-state index contributed by atoms with van der Waals surface area (Å²) >= 11 is 0. The maximum atomic E-state index is 11.8. The predicted octanol–water partition coefficient (Wildman–Crippen LogP) is 1.61. The van der Waals surface area contributed by atoms with Crippen molar-refractivity contribution in [3.8, 4) is 11.3 Å². The highest BCUT2D eigenvalue weighted by molar-refractivity contribution is 5.95. The van der Waals surface area contributed by atoms with Gasteiger partial charge in [0.1, 0.15) is 11.5 Å². The molecule has 0 aliphatic heterocycles. The second kappa shape index (κ2) is 9.51. The number of ether oxygens (including phenoxy) is 1. The minimum atomic E-state index is -0.447. The average Bonchev–Trinajstić information content (AvgIpc) is 3.37. The molecule has 0 unspecified atom stereocenters. The molecule has 4 N–H and O–H groups in total. The Bertz CT molecular complexity index is 964. The van der Waals surface area contributed by atoms with Gasteiger partial charge in [-0.25, -0.2) is 9.42 Å². The standard InChI is InChI=1S/C19H21N5O5/c1-2-27-19(26)13-5-3-12(4-6-13)15-8-7-14(28-15)11-21-9-10-22-18(25)16-17(20)24-29-23-16/h3-8,21H,2,9-11H2,1H3,(H2,20,24)(H,22,25). The Balaban J connectivity index is 1.44. The van der Waals surface area contributed by atoms with Gasteiger partial charge in [-0.3, -0.25) is 4.79 Å². The van der Waals surface area contributed by atoms with E-state index in [0.29, 0.717) is 37.6 Å². The highest BCUT2D eigenvalue weighted by Crippen LogP contribution is 2.22. The van der Waals surface area contributed by atoms with E-state index in [9.17, 15) is 9.59 Å². The van der Waals surface area contributed by atoms with E-state index in [2.05, 4.69) is 25.6 Å². The van der Waals surface area contributed by atoms with E-state index in [1.165, 1.54) is 0 Å². The van der Waals surface area contributed by atoms with Crippen LogP contribution in [0.4, 0.5) is 5.82 Å².